The number of nitrogens with zero attached hydrogens (tertiary/aromatic N) is 1. The van der Waals surface area contributed by atoms with Gasteiger partial charge in [0.1, 0.15) is 0 Å². The molecule has 2 rings (SSSR count). The first-order valence-corrected chi connectivity index (χ1v) is 9.21. The molecule has 1 aliphatic rings. The minimum atomic E-state index is -3.16. The zero-order valence-corrected chi connectivity index (χ0v) is 13.9. The second-order valence-electron chi connectivity index (χ2n) is 5.98. The fraction of sp³-hybridized carbons (Fsp3) is 0.533. The van der Waals surface area contributed by atoms with Gasteiger partial charge in [-0.25, -0.2) is 22.0 Å². The number of hydrogen-bond donors (Lipinski definition) is 1. The molecule has 5 nitrogen and oxygen atoms in total. The second-order valence-corrected chi connectivity index (χ2v) is 8.21. The number of hydrogen-bond acceptors (Lipinski definition) is 3. The zero-order chi connectivity index (χ0) is 17.2. The first kappa shape index (κ1) is 17.7. The van der Waals surface area contributed by atoms with E-state index < -0.39 is 33.5 Å². The molecule has 0 aliphatic carbocycles. The Bertz CT molecular complexity index is 694. The number of sulfone groups is 1. The third kappa shape index (κ3) is 4.40. The maximum absolute atomic E-state index is 13.8. The van der Waals surface area contributed by atoms with Crippen molar-refractivity contribution in [3.05, 3.63) is 35.4 Å². The minimum absolute atomic E-state index is 0.0465. The van der Waals surface area contributed by atoms with Gasteiger partial charge in [-0.2, -0.15) is 0 Å². The summed E-state index contributed by atoms with van der Waals surface area (Å²) in [5, 5.41) is 2.60. The average Bonchev–Trinajstić information content (AvgIpc) is 2.58. The van der Waals surface area contributed by atoms with Crippen molar-refractivity contribution < 1.29 is 22.0 Å². The standard InChI is InChI=1S/C15H20F2N2O3S/c1-10-8-19(6-7-23(21,22)9-10)15(20)18-11(2)12-4-3-5-13(16)14(12)17/h3-5,10-11H,6-9H2,1-2H3,(H,18,20). The largest absolute Gasteiger partial charge is 0.331 e. The summed E-state index contributed by atoms with van der Waals surface area (Å²) in [4.78, 5) is 13.7. The lowest BCUT2D eigenvalue weighted by Gasteiger charge is -2.25. The van der Waals surface area contributed by atoms with Crippen LogP contribution in [0.3, 0.4) is 0 Å². The topological polar surface area (TPSA) is 66.5 Å². The van der Waals surface area contributed by atoms with Crippen molar-refractivity contribution in [2.45, 2.75) is 19.9 Å². The summed E-state index contributed by atoms with van der Waals surface area (Å²) in [6, 6.07) is 2.57. The lowest BCUT2D eigenvalue weighted by molar-refractivity contribution is 0.192. The highest BCUT2D eigenvalue weighted by Gasteiger charge is 2.28. The Balaban J connectivity index is 2.07. The fourth-order valence-corrected chi connectivity index (χ4v) is 4.32. The Kier molecular flexibility index (Phi) is 5.23. The molecule has 0 spiro atoms. The van der Waals surface area contributed by atoms with Gasteiger partial charge in [0.05, 0.1) is 17.5 Å². The molecule has 1 aliphatic heterocycles. The highest BCUT2D eigenvalue weighted by Crippen LogP contribution is 2.19. The van der Waals surface area contributed by atoms with Crippen LogP contribution < -0.4 is 5.32 Å². The third-order valence-corrected chi connectivity index (χ3v) is 5.70. The van der Waals surface area contributed by atoms with Crippen LogP contribution in [-0.4, -0.2) is 43.9 Å². The van der Waals surface area contributed by atoms with Crippen LogP contribution in [-0.2, 0) is 9.84 Å². The number of carbonyl (C=O) groups excluding carboxylic acids is 1. The molecule has 128 valence electrons. The summed E-state index contributed by atoms with van der Waals surface area (Å²) in [6.45, 7) is 3.72. The van der Waals surface area contributed by atoms with Gasteiger partial charge < -0.3 is 10.2 Å². The summed E-state index contributed by atoms with van der Waals surface area (Å²) in [5.74, 6) is -2.18. The quantitative estimate of drug-likeness (QED) is 0.892. The van der Waals surface area contributed by atoms with Crippen molar-refractivity contribution in [2.75, 3.05) is 24.6 Å². The van der Waals surface area contributed by atoms with Crippen molar-refractivity contribution in [3.8, 4) is 0 Å². The molecule has 1 aromatic carbocycles. The van der Waals surface area contributed by atoms with E-state index in [4.69, 9.17) is 0 Å². The molecule has 2 amide bonds. The molecule has 0 radical (unpaired) electrons. The second kappa shape index (κ2) is 6.82. The van der Waals surface area contributed by atoms with Gasteiger partial charge in [-0.1, -0.05) is 19.1 Å². The molecule has 1 heterocycles. The highest BCUT2D eigenvalue weighted by molar-refractivity contribution is 7.91. The zero-order valence-electron chi connectivity index (χ0n) is 13.1. The molecule has 0 bridgehead atoms. The minimum Gasteiger partial charge on any atom is -0.331 e. The Labute approximate surface area is 134 Å². The van der Waals surface area contributed by atoms with Crippen molar-refractivity contribution in [1.82, 2.24) is 10.2 Å². The molecule has 23 heavy (non-hydrogen) atoms. The van der Waals surface area contributed by atoms with Crippen molar-refractivity contribution >= 4 is 15.9 Å². The van der Waals surface area contributed by atoms with Crippen LogP contribution in [0.4, 0.5) is 13.6 Å². The van der Waals surface area contributed by atoms with Gasteiger partial charge in [-0.3, -0.25) is 0 Å². The smallest absolute Gasteiger partial charge is 0.317 e. The maximum Gasteiger partial charge on any atom is 0.317 e. The number of benzene rings is 1. The molecule has 8 heteroatoms. The predicted molar refractivity (Wildman–Crippen MR) is 82.7 cm³/mol. The Morgan fingerprint density at radius 3 is 2.78 bits per heavy atom. The summed E-state index contributed by atoms with van der Waals surface area (Å²) in [5.41, 5.74) is 0.0499. The molecule has 1 fully saturated rings. The van der Waals surface area contributed by atoms with Crippen LogP contribution >= 0.6 is 0 Å². The fourth-order valence-electron chi connectivity index (χ4n) is 2.68. The lowest BCUT2D eigenvalue weighted by Crippen LogP contribution is -2.43. The van der Waals surface area contributed by atoms with E-state index in [0.29, 0.717) is 6.54 Å². The molecule has 1 N–H and O–H groups in total. The van der Waals surface area contributed by atoms with E-state index in [-0.39, 0.29) is 29.5 Å². The first-order valence-electron chi connectivity index (χ1n) is 7.39. The van der Waals surface area contributed by atoms with E-state index in [1.54, 1.807) is 13.8 Å². The number of nitrogens with one attached hydrogen (secondary N) is 1. The van der Waals surface area contributed by atoms with Gasteiger partial charge in [0.25, 0.3) is 0 Å². The number of halogens is 2. The number of carbonyl (C=O) groups is 1. The van der Waals surface area contributed by atoms with E-state index in [0.717, 1.165) is 6.07 Å². The average molecular weight is 346 g/mol. The van der Waals surface area contributed by atoms with Gasteiger partial charge in [0, 0.05) is 18.7 Å². The molecule has 1 saturated heterocycles. The van der Waals surface area contributed by atoms with Crippen molar-refractivity contribution in [3.63, 3.8) is 0 Å². The summed E-state index contributed by atoms with van der Waals surface area (Å²) in [6.07, 6.45) is 0. The van der Waals surface area contributed by atoms with E-state index in [2.05, 4.69) is 5.32 Å². The summed E-state index contributed by atoms with van der Waals surface area (Å²) in [7, 11) is -3.16. The summed E-state index contributed by atoms with van der Waals surface area (Å²) >= 11 is 0. The van der Waals surface area contributed by atoms with E-state index in [1.807, 2.05) is 0 Å². The molecule has 2 atom stereocenters. The Morgan fingerprint density at radius 2 is 2.09 bits per heavy atom. The Morgan fingerprint density at radius 1 is 1.39 bits per heavy atom. The number of rotatable bonds is 2. The third-order valence-electron chi connectivity index (χ3n) is 3.82. The molecule has 0 aromatic heterocycles. The Hall–Kier alpha value is -1.70. The molecule has 0 saturated carbocycles. The van der Waals surface area contributed by atoms with Gasteiger partial charge in [0.2, 0.25) is 0 Å². The van der Waals surface area contributed by atoms with Crippen LogP contribution in [0.2, 0.25) is 0 Å². The van der Waals surface area contributed by atoms with Crippen LogP contribution in [0, 0.1) is 17.6 Å². The van der Waals surface area contributed by atoms with Crippen molar-refractivity contribution in [1.29, 1.82) is 0 Å². The first-order chi connectivity index (χ1) is 10.7. The van der Waals surface area contributed by atoms with Gasteiger partial charge in [-0.05, 0) is 18.9 Å². The maximum atomic E-state index is 13.8. The van der Waals surface area contributed by atoms with Crippen molar-refractivity contribution in [2.24, 2.45) is 5.92 Å². The highest BCUT2D eigenvalue weighted by atomic mass is 32.2. The normalized spacial score (nSPS) is 22.3. The van der Waals surface area contributed by atoms with E-state index in [1.165, 1.54) is 17.0 Å². The summed E-state index contributed by atoms with van der Waals surface area (Å²) < 4.78 is 50.5. The SMILES string of the molecule is CC1CN(C(=O)NC(C)c2cccc(F)c2F)CCS(=O)(=O)C1. The van der Waals surface area contributed by atoms with Gasteiger partial charge >= 0.3 is 6.03 Å². The van der Waals surface area contributed by atoms with Crippen LogP contribution in [0.25, 0.3) is 0 Å². The molecular weight excluding hydrogens is 326 g/mol. The predicted octanol–water partition coefficient (Wildman–Crippen LogP) is 2.10. The molecule has 2 unspecified atom stereocenters. The number of amides is 2. The van der Waals surface area contributed by atoms with E-state index in [9.17, 15) is 22.0 Å². The lowest BCUT2D eigenvalue weighted by atomic mass is 10.1. The van der Waals surface area contributed by atoms with E-state index >= 15 is 0 Å². The number of urea groups is 1. The van der Waals surface area contributed by atoms with Gasteiger partial charge in [-0.15, -0.1) is 0 Å². The van der Waals surface area contributed by atoms with Crippen LogP contribution in [0.15, 0.2) is 18.2 Å². The monoisotopic (exact) mass is 346 g/mol. The van der Waals surface area contributed by atoms with Gasteiger partial charge in [0.15, 0.2) is 21.5 Å². The van der Waals surface area contributed by atoms with Crippen LogP contribution in [0.5, 0.6) is 0 Å². The molecular formula is C15H20F2N2O3S. The molecule has 1 aromatic rings. The van der Waals surface area contributed by atoms with Crippen LogP contribution in [0.1, 0.15) is 25.5 Å².